The van der Waals surface area contributed by atoms with E-state index < -0.39 is 17.9 Å². The van der Waals surface area contributed by atoms with E-state index in [4.69, 9.17) is 0 Å². The van der Waals surface area contributed by atoms with Gasteiger partial charge in [0.2, 0.25) is 5.91 Å². The summed E-state index contributed by atoms with van der Waals surface area (Å²) in [7, 11) is 0. The Morgan fingerprint density at radius 2 is 1.80 bits per heavy atom. The number of amides is 2. The molecular formula is C13H11N3O4. The van der Waals surface area contributed by atoms with Gasteiger partial charge < -0.3 is 0 Å². The number of hydrogen-bond acceptors (Lipinski definition) is 6. The molecule has 2 aliphatic rings. The van der Waals surface area contributed by atoms with E-state index in [-0.39, 0.29) is 42.9 Å². The summed E-state index contributed by atoms with van der Waals surface area (Å²) in [4.78, 5) is 56.4. The molecule has 2 heterocycles. The topological polar surface area (TPSA) is 97.3 Å². The molecule has 1 unspecified atom stereocenters. The standard InChI is InChI=1S/C13H11N3O4/c17-7-1-2-9(10(18)5-7)16-11(19)6-8-12(13(16)20)15-4-3-14-8/h3-4,9H,1-2,5-6H2. The maximum absolute atomic E-state index is 12.3. The zero-order chi connectivity index (χ0) is 14.3. The van der Waals surface area contributed by atoms with Crippen molar-refractivity contribution in [3.8, 4) is 0 Å². The van der Waals surface area contributed by atoms with E-state index in [9.17, 15) is 19.2 Å². The summed E-state index contributed by atoms with van der Waals surface area (Å²) in [6, 6.07) is -0.845. The number of aromatic nitrogens is 2. The van der Waals surface area contributed by atoms with Gasteiger partial charge in [0.1, 0.15) is 5.78 Å². The Morgan fingerprint density at radius 3 is 2.55 bits per heavy atom. The minimum atomic E-state index is -0.845. The van der Waals surface area contributed by atoms with E-state index in [1.165, 1.54) is 12.4 Å². The molecule has 1 aliphatic heterocycles. The van der Waals surface area contributed by atoms with Crippen molar-refractivity contribution in [2.45, 2.75) is 31.7 Å². The molecule has 20 heavy (non-hydrogen) atoms. The van der Waals surface area contributed by atoms with Crippen LogP contribution in [0.2, 0.25) is 0 Å². The number of ketones is 2. The summed E-state index contributed by atoms with van der Waals surface area (Å²) >= 11 is 0. The molecule has 0 radical (unpaired) electrons. The zero-order valence-electron chi connectivity index (χ0n) is 10.5. The molecule has 0 N–H and O–H groups in total. The molecule has 2 amide bonds. The average molecular weight is 273 g/mol. The number of Topliss-reactive ketones (excluding diaryl/α,β-unsaturated/α-hetero) is 2. The van der Waals surface area contributed by atoms with Gasteiger partial charge in [-0.15, -0.1) is 0 Å². The van der Waals surface area contributed by atoms with Gasteiger partial charge in [0.05, 0.1) is 24.6 Å². The third-order valence-electron chi connectivity index (χ3n) is 3.53. The Morgan fingerprint density at radius 1 is 1.05 bits per heavy atom. The first kappa shape index (κ1) is 12.6. The molecule has 1 fully saturated rings. The maximum atomic E-state index is 12.3. The van der Waals surface area contributed by atoms with Crippen LogP contribution in [0.1, 0.15) is 35.4 Å². The number of hydrogen-bond donors (Lipinski definition) is 0. The van der Waals surface area contributed by atoms with E-state index in [1.54, 1.807) is 0 Å². The quantitative estimate of drug-likeness (QED) is 0.514. The molecule has 0 saturated heterocycles. The lowest BCUT2D eigenvalue weighted by Gasteiger charge is -2.33. The predicted octanol–water partition coefficient (Wildman–Crippen LogP) is -0.308. The largest absolute Gasteiger partial charge is 0.299 e. The average Bonchev–Trinajstić information content (AvgIpc) is 2.41. The van der Waals surface area contributed by atoms with Crippen molar-refractivity contribution in [3.05, 3.63) is 23.8 Å². The van der Waals surface area contributed by atoms with Gasteiger partial charge in [0.25, 0.3) is 5.91 Å². The molecule has 102 valence electrons. The lowest BCUT2D eigenvalue weighted by Crippen LogP contribution is -2.53. The van der Waals surface area contributed by atoms with Gasteiger partial charge in [-0.1, -0.05) is 0 Å². The van der Waals surface area contributed by atoms with E-state index in [0.29, 0.717) is 5.69 Å². The summed E-state index contributed by atoms with van der Waals surface area (Å²) < 4.78 is 0. The summed E-state index contributed by atoms with van der Waals surface area (Å²) in [6.45, 7) is 0. The second kappa shape index (κ2) is 4.59. The molecule has 7 heteroatoms. The molecule has 0 aromatic carbocycles. The molecule has 0 bridgehead atoms. The van der Waals surface area contributed by atoms with Crippen molar-refractivity contribution in [3.63, 3.8) is 0 Å². The fourth-order valence-corrected chi connectivity index (χ4v) is 2.58. The highest BCUT2D eigenvalue weighted by Gasteiger charge is 2.42. The van der Waals surface area contributed by atoms with Crippen LogP contribution in [0.5, 0.6) is 0 Å². The fourth-order valence-electron chi connectivity index (χ4n) is 2.58. The number of carbonyl (C=O) groups excluding carboxylic acids is 4. The van der Waals surface area contributed by atoms with Crippen LogP contribution in [0.3, 0.4) is 0 Å². The van der Waals surface area contributed by atoms with Gasteiger partial charge in [-0.3, -0.25) is 29.1 Å². The van der Waals surface area contributed by atoms with Crippen molar-refractivity contribution < 1.29 is 19.2 Å². The van der Waals surface area contributed by atoms with Gasteiger partial charge in [0.15, 0.2) is 11.5 Å². The van der Waals surface area contributed by atoms with E-state index in [1.807, 2.05) is 0 Å². The first-order chi connectivity index (χ1) is 9.58. The molecular weight excluding hydrogens is 262 g/mol. The third kappa shape index (κ3) is 1.91. The Bertz CT molecular complexity index is 640. The van der Waals surface area contributed by atoms with Crippen LogP contribution in [-0.2, 0) is 20.8 Å². The summed E-state index contributed by atoms with van der Waals surface area (Å²) in [6.07, 6.45) is 2.93. The first-order valence-corrected chi connectivity index (χ1v) is 6.28. The second-order valence-corrected chi connectivity index (χ2v) is 4.83. The molecule has 1 atom stereocenters. The maximum Gasteiger partial charge on any atom is 0.281 e. The van der Waals surface area contributed by atoms with Gasteiger partial charge >= 0.3 is 0 Å². The van der Waals surface area contributed by atoms with E-state index in [0.717, 1.165) is 4.90 Å². The minimum absolute atomic E-state index is 0.0490. The van der Waals surface area contributed by atoms with Gasteiger partial charge in [0, 0.05) is 18.8 Å². The number of imide groups is 1. The fraction of sp³-hybridized carbons (Fsp3) is 0.385. The van der Waals surface area contributed by atoms with Gasteiger partial charge in [-0.25, -0.2) is 4.98 Å². The van der Waals surface area contributed by atoms with Crippen molar-refractivity contribution in [2.24, 2.45) is 0 Å². The summed E-state index contributed by atoms with van der Waals surface area (Å²) in [5.74, 6) is -1.59. The highest BCUT2D eigenvalue weighted by atomic mass is 16.2. The Kier molecular flexibility index (Phi) is 2.89. The second-order valence-electron chi connectivity index (χ2n) is 4.83. The molecule has 0 spiro atoms. The van der Waals surface area contributed by atoms with Crippen LogP contribution in [0, 0.1) is 0 Å². The lowest BCUT2D eigenvalue weighted by atomic mass is 9.90. The van der Waals surface area contributed by atoms with Crippen LogP contribution in [0.15, 0.2) is 12.4 Å². The smallest absolute Gasteiger partial charge is 0.281 e. The molecule has 1 saturated carbocycles. The number of carbonyl (C=O) groups is 4. The van der Waals surface area contributed by atoms with Crippen LogP contribution >= 0.6 is 0 Å². The highest BCUT2D eigenvalue weighted by molar-refractivity contribution is 6.13. The van der Waals surface area contributed by atoms with Crippen molar-refractivity contribution >= 4 is 23.4 Å². The molecule has 1 aromatic rings. The molecule has 1 aromatic heterocycles. The number of fused-ring (bicyclic) bond motifs is 1. The third-order valence-corrected chi connectivity index (χ3v) is 3.53. The van der Waals surface area contributed by atoms with Crippen LogP contribution in [0.25, 0.3) is 0 Å². The highest BCUT2D eigenvalue weighted by Crippen LogP contribution is 2.24. The van der Waals surface area contributed by atoms with E-state index in [2.05, 4.69) is 9.97 Å². The predicted molar refractivity (Wildman–Crippen MR) is 64.6 cm³/mol. The van der Waals surface area contributed by atoms with Crippen molar-refractivity contribution in [2.75, 3.05) is 0 Å². The number of nitrogens with zero attached hydrogens (tertiary/aromatic N) is 3. The summed E-state index contributed by atoms with van der Waals surface area (Å²) in [5.41, 5.74) is 0.440. The SMILES string of the molecule is O=C1CCC(N2C(=O)Cc3nccnc3C2=O)C(=O)C1. The molecule has 3 rings (SSSR count). The van der Waals surface area contributed by atoms with Gasteiger partial charge in [-0.05, 0) is 6.42 Å². The Hall–Kier alpha value is -2.44. The normalized spacial score (nSPS) is 23.0. The van der Waals surface area contributed by atoms with Gasteiger partial charge in [-0.2, -0.15) is 0 Å². The van der Waals surface area contributed by atoms with E-state index >= 15 is 0 Å². The van der Waals surface area contributed by atoms with Crippen molar-refractivity contribution in [1.29, 1.82) is 0 Å². The number of rotatable bonds is 1. The Balaban J connectivity index is 1.95. The summed E-state index contributed by atoms with van der Waals surface area (Å²) in [5, 5.41) is 0. The minimum Gasteiger partial charge on any atom is -0.299 e. The van der Waals surface area contributed by atoms with Crippen LogP contribution < -0.4 is 0 Å². The first-order valence-electron chi connectivity index (χ1n) is 6.28. The van der Waals surface area contributed by atoms with Crippen LogP contribution in [0.4, 0.5) is 0 Å². The Labute approximate surface area is 114 Å². The van der Waals surface area contributed by atoms with Crippen molar-refractivity contribution in [1.82, 2.24) is 14.9 Å². The lowest BCUT2D eigenvalue weighted by molar-refractivity contribution is -0.141. The monoisotopic (exact) mass is 273 g/mol. The molecule has 1 aliphatic carbocycles. The van der Waals surface area contributed by atoms with Crippen LogP contribution in [-0.4, -0.2) is 44.3 Å². The molecule has 7 nitrogen and oxygen atoms in total. The zero-order valence-corrected chi connectivity index (χ0v) is 10.5.